The van der Waals surface area contributed by atoms with Crippen molar-refractivity contribution in [2.75, 3.05) is 31.0 Å². The lowest BCUT2D eigenvalue weighted by Crippen LogP contribution is -2.29. The molecule has 0 aliphatic carbocycles. The topological polar surface area (TPSA) is 83.2 Å². The van der Waals surface area contributed by atoms with E-state index in [1.165, 1.54) is 18.3 Å². The number of aliphatic hydroxyl groups is 1. The summed E-state index contributed by atoms with van der Waals surface area (Å²) in [5.74, 6) is -1.07. The van der Waals surface area contributed by atoms with Crippen LogP contribution in [0.25, 0.3) is 5.76 Å². The fourth-order valence-electron chi connectivity index (χ4n) is 3.88. The summed E-state index contributed by atoms with van der Waals surface area (Å²) in [5.41, 5.74) is 2.63. The van der Waals surface area contributed by atoms with Crippen LogP contribution in [-0.2, 0) is 9.59 Å². The number of furan rings is 1. The van der Waals surface area contributed by atoms with Crippen LogP contribution in [0.15, 0.2) is 70.9 Å². The van der Waals surface area contributed by atoms with Crippen LogP contribution >= 0.6 is 0 Å². The average molecular weight is 432 g/mol. The second-order valence-corrected chi connectivity index (χ2v) is 7.80. The molecule has 2 heterocycles. The highest BCUT2D eigenvalue weighted by atomic mass is 16.5. The minimum atomic E-state index is -0.916. The Morgan fingerprint density at radius 3 is 2.41 bits per heavy atom. The standard InChI is InChI=1S/C25H24N2O5/c1-15-7-12-19(31-4)18(14-15)23(28)21-22(20-6-5-13-32-20)27(25(30)24(21)29)17-10-8-16(9-11-17)26(2)3/h5-14,22,28H,1-4H3/b23-21-. The molecule has 0 spiro atoms. The number of methoxy groups -OCH3 is 1. The molecule has 1 aliphatic heterocycles. The molecule has 4 rings (SSSR count). The van der Waals surface area contributed by atoms with Crippen molar-refractivity contribution in [1.29, 1.82) is 0 Å². The molecule has 1 saturated heterocycles. The van der Waals surface area contributed by atoms with Crippen molar-refractivity contribution in [3.05, 3.63) is 83.3 Å². The molecule has 3 aromatic rings. The first-order chi connectivity index (χ1) is 15.3. The molecule has 7 nitrogen and oxygen atoms in total. The van der Waals surface area contributed by atoms with Crippen LogP contribution in [0.5, 0.6) is 5.75 Å². The van der Waals surface area contributed by atoms with Crippen molar-refractivity contribution in [2.45, 2.75) is 13.0 Å². The summed E-state index contributed by atoms with van der Waals surface area (Å²) >= 11 is 0. The summed E-state index contributed by atoms with van der Waals surface area (Å²) in [6.07, 6.45) is 1.47. The van der Waals surface area contributed by atoms with Crippen LogP contribution in [0, 0.1) is 6.92 Å². The van der Waals surface area contributed by atoms with E-state index in [9.17, 15) is 14.7 Å². The Morgan fingerprint density at radius 2 is 1.81 bits per heavy atom. The van der Waals surface area contributed by atoms with E-state index in [0.717, 1.165) is 11.3 Å². The van der Waals surface area contributed by atoms with Gasteiger partial charge in [0.15, 0.2) is 0 Å². The summed E-state index contributed by atoms with van der Waals surface area (Å²) in [6, 6.07) is 15.0. The SMILES string of the molecule is COc1ccc(C)cc1/C(O)=C1/C(=O)C(=O)N(c2ccc(N(C)C)cc2)C1c1ccco1. The number of benzene rings is 2. The van der Waals surface area contributed by atoms with E-state index >= 15 is 0 Å². The Balaban J connectivity index is 1.91. The van der Waals surface area contributed by atoms with Crippen LogP contribution in [-0.4, -0.2) is 38.0 Å². The van der Waals surface area contributed by atoms with Gasteiger partial charge in [-0.15, -0.1) is 0 Å². The van der Waals surface area contributed by atoms with Gasteiger partial charge in [0, 0.05) is 25.5 Å². The molecule has 0 saturated carbocycles. The second kappa shape index (κ2) is 8.26. The summed E-state index contributed by atoms with van der Waals surface area (Å²) in [5, 5.41) is 11.2. The first kappa shape index (κ1) is 21.2. The number of rotatable bonds is 5. The zero-order chi connectivity index (χ0) is 23.0. The molecule has 1 aromatic heterocycles. The zero-order valence-electron chi connectivity index (χ0n) is 18.3. The zero-order valence-corrected chi connectivity index (χ0v) is 18.3. The maximum absolute atomic E-state index is 13.2. The highest BCUT2D eigenvalue weighted by molar-refractivity contribution is 6.51. The molecule has 1 N–H and O–H groups in total. The predicted octanol–water partition coefficient (Wildman–Crippen LogP) is 4.29. The highest BCUT2D eigenvalue weighted by Gasteiger charge is 2.48. The molecule has 0 bridgehead atoms. The van der Waals surface area contributed by atoms with Crippen LogP contribution in [0.4, 0.5) is 11.4 Å². The summed E-state index contributed by atoms with van der Waals surface area (Å²) < 4.78 is 11.0. The molecule has 7 heteroatoms. The van der Waals surface area contributed by atoms with E-state index in [1.54, 1.807) is 36.4 Å². The minimum Gasteiger partial charge on any atom is -0.507 e. The molecule has 2 aromatic carbocycles. The van der Waals surface area contributed by atoms with Crippen molar-refractivity contribution < 1.29 is 23.8 Å². The lowest BCUT2D eigenvalue weighted by atomic mass is 9.97. The van der Waals surface area contributed by atoms with Gasteiger partial charge in [-0.3, -0.25) is 14.5 Å². The van der Waals surface area contributed by atoms with Gasteiger partial charge < -0.3 is 19.2 Å². The monoisotopic (exact) mass is 432 g/mol. The van der Waals surface area contributed by atoms with Crippen LogP contribution in [0.2, 0.25) is 0 Å². The fourth-order valence-corrected chi connectivity index (χ4v) is 3.88. The molecule has 1 atom stereocenters. The number of carbonyl (C=O) groups excluding carboxylic acids is 2. The highest BCUT2D eigenvalue weighted by Crippen LogP contribution is 2.43. The van der Waals surface area contributed by atoms with Crippen molar-refractivity contribution in [1.82, 2.24) is 0 Å². The Hall–Kier alpha value is -4.00. The molecule has 1 unspecified atom stereocenters. The van der Waals surface area contributed by atoms with E-state index < -0.39 is 17.7 Å². The van der Waals surface area contributed by atoms with E-state index in [0.29, 0.717) is 22.8 Å². The Kier molecular flexibility index (Phi) is 5.48. The lowest BCUT2D eigenvalue weighted by molar-refractivity contribution is -0.132. The van der Waals surface area contributed by atoms with Crippen molar-refractivity contribution in [2.24, 2.45) is 0 Å². The predicted molar refractivity (Wildman–Crippen MR) is 122 cm³/mol. The minimum absolute atomic E-state index is 0.0504. The van der Waals surface area contributed by atoms with Crippen molar-refractivity contribution in [3.8, 4) is 5.75 Å². The Labute approximate surface area is 186 Å². The van der Waals surface area contributed by atoms with Gasteiger partial charge in [0.1, 0.15) is 23.3 Å². The van der Waals surface area contributed by atoms with Gasteiger partial charge in [-0.1, -0.05) is 11.6 Å². The van der Waals surface area contributed by atoms with E-state index in [4.69, 9.17) is 9.15 Å². The van der Waals surface area contributed by atoms with E-state index in [1.807, 2.05) is 44.1 Å². The smallest absolute Gasteiger partial charge is 0.300 e. The Bertz CT molecular complexity index is 1190. The number of aliphatic hydroxyl groups excluding tert-OH is 1. The number of hydrogen-bond donors (Lipinski definition) is 1. The molecular weight excluding hydrogens is 408 g/mol. The number of aryl methyl sites for hydroxylation is 1. The maximum atomic E-state index is 13.2. The molecule has 1 aliphatic rings. The van der Waals surface area contributed by atoms with Gasteiger partial charge >= 0.3 is 0 Å². The van der Waals surface area contributed by atoms with Crippen LogP contribution < -0.4 is 14.5 Å². The fraction of sp³-hybridized carbons (Fsp3) is 0.200. The molecule has 0 radical (unpaired) electrons. The van der Waals surface area contributed by atoms with Crippen molar-refractivity contribution in [3.63, 3.8) is 0 Å². The van der Waals surface area contributed by atoms with Gasteiger partial charge in [-0.2, -0.15) is 0 Å². The maximum Gasteiger partial charge on any atom is 0.300 e. The number of nitrogens with zero attached hydrogens (tertiary/aromatic N) is 2. The van der Waals surface area contributed by atoms with E-state index in [2.05, 4.69) is 0 Å². The lowest BCUT2D eigenvalue weighted by Gasteiger charge is -2.24. The molecular formula is C25H24N2O5. The number of ether oxygens (including phenoxy) is 1. The average Bonchev–Trinajstić information content (AvgIpc) is 3.40. The largest absolute Gasteiger partial charge is 0.507 e. The second-order valence-electron chi connectivity index (χ2n) is 7.80. The first-order valence-corrected chi connectivity index (χ1v) is 10.1. The third kappa shape index (κ3) is 3.51. The number of amides is 1. The first-order valence-electron chi connectivity index (χ1n) is 10.1. The van der Waals surface area contributed by atoms with Crippen LogP contribution in [0.3, 0.4) is 0 Å². The number of hydrogen-bond acceptors (Lipinski definition) is 6. The van der Waals surface area contributed by atoms with Gasteiger partial charge in [-0.25, -0.2) is 0 Å². The third-order valence-corrected chi connectivity index (χ3v) is 5.51. The summed E-state index contributed by atoms with van der Waals surface area (Å²) in [4.78, 5) is 29.6. The van der Waals surface area contributed by atoms with Crippen molar-refractivity contribution >= 4 is 28.8 Å². The quantitative estimate of drug-likeness (QED) is 0.368. The number of carbonyl (C=O) groups is 2. The summed E-state index contributed by atoms with van der Waals surface area (Å²) in [6.45, 7) is 1.87. The number of anilines is 2. The third-order valence-electron chi connectivity index (χ3n) is 5.51. The number of Topliss-reactive ketones (excluding diaryl/α,β-unsaturated/α-hetero) is 1. The molecule has 164 valence electrons. The van der Waals surface area contributed by atoms with Gasteiger partial charge in [-0.05, 0) is 55.5 Å². The molecule has 1 amide bonds. The molecule has 32 heavy (non-hydrogen) atoms. The van der Waals surface area contributed by atoms with Gasteiger partial charge in [0.05, 0.1) is 24.5 Å². The number of ketones is 1. The van der Waals surface area contributed by atoms with Gasteiger partial charge in [0.2, 0.25) is 0 Å². The van der Waals surface area contributed by atoms with Gasteiger partial charge in [0.25, 0.3) is 11.7 Å². The normalized spacial score (nSPS) is 17.6. The van der Waals surface area contributed by atoms with Crippen LogP contribution in [0.1, 0.15) is 22.9 Å². The summed E-state index contributed by atoms with van der Waals surface area (Å²) in [7, 11) is 5.31. The Morgan fingerprint density at radius 1 is 1.09 bits per heavy atom. The van der Waals surface area contributed by atoms with E-state index in [-0.39, 0.29) is 11.3 Å². The molecule has 1 fully saturated rings.